The van der Waals surface area contributed by atoms with Gasteiger partial charge in [-0.15, -0.1) is 0 Å². The van der Waals surface area contributed by atoms with Crippen LogP contribution in [0.2, 0.25) is 0 Å². The average molecular weight is 339 g/mol. The number of hydrogen-bond acceptors (Lipinski definition) is 4. The van der Waals surface area contributed by atoms with Crippen molar-refractivity contribution >= 4 is 11.4 Å². The third kappa shape index (κ3) is 3.02. The highest BCUT2D eigenvalue weighted by atomic mass is 16.5. The van der Waals surface area contributed by atoms with Crippen LogP contribution in [-0.4, -0.2) is 38.2 Å². The Kier molecular flexibility index (Phi) is 4.23. The number of amides is 1. The molecule has 0 unspecified atom stereocenters. The Balaban J connectivity index is 1.47. The Labute approximate surface area is 145 Å². The second kappa shape index (κ2) is 6.68. The highest BCUT2D eigenvalue weighted by Crippen LogP contribution is 2.32. The molecule has 1 N–H and O–H groups in total. The Morgan fingerprint density at radius 3 is 3.16 bits per heavy atom. The van der Waals surface area contributed by atoms with Crippen LogP contribution in [0.1, 0.15) is 35.1 Å². The van der Waals surface area contributed by atoms with Crippen LogP contribution in [0.4, 0.5) is 0 Å². The fourth-order valence-electron chi connectivity index (χ4n) is 3.42. The first kappa shape index (κ1) is 15.8. The molecule has 7 heteroatoms. The number of aryl methyl sites for hydroxylation is 1. The van der Waals surface area contributed by atoms with E-state index in [1.807, 2.05) is 42.2 Å². The summed E-state index contributed by atoms with van der Waals surface area (Å²) >= 11 is 0. The molecule has 1 amide bonds. The second-order valence-electron chi connectivity index (χ2n) is 6.39. The Morgan fingerprint density at radius 1 is 1.40 bits per heavy atom. The van der Waals surface area contributed by atoms with Gasteiger partial charge in [-0.1, -0.05) is 6.07 Å². The van der Waals surface area contributed by atoms with Crippen LogP contribution in [0.3, 0.4) is 0 Å². The lowest BCUT2D eigenvalue weighted by Crippen LogP contribution is -2.35. The fourth-order valence-corrected chi connectivity index (χ4v) is 3.42. The van der Waals surface area contributed by atoms with Gasteiger partial charge in [-0.05, 0) is 25.0 Å². The molecule has 0 spiro atoms. The molecule has 4 rings (SSSR count). The molecule has 0 aromatic carbocycles. The van der Waals surface area contributed by atoms with Crippen molar-refractivity contribution in [2.24, 2.45) is 13.0 Å². The maximum Gasteiger partial charge on any atom is 0.255 e. The Bertz CT molecular complexity index is 884. The van der Waals surface area contributed by atoms with Crippen molar-refractivity contribution in [1.82, 2.24) is 24.5 Å². The van der Waals surface area contributed by atoms with Gasteiger partial charge in [-0.25, -0.2) is 9.50 Å². The van der Waals surface area contributed by atoms with Crippen LogP contribution in [-0.2, 0) is 11.8 Å². The van der Waals surface area contributed by atoms with Crippen LogP contribution in [0.25, 0.3) is 5.52 Å². The van der Waals surface area contributed by atoms with E-state index in [-0.39, 0.29) is 17.9 Å². The summed E-state index contributed by atoms with van der Waals surface area (Å²) < 4.78 is 9.64. The SMILES string of the molecule is Cn1ccnc1[C@@H]1OCCC[C@H]1CNC(=O)c1cnn2ccccc12. The maximum absolute atomic E-state index is 12.6. The van der Waals surface area contributed by atoms with E-state index in [0.717, 1.165) is 30.8 Å². The number of pyridine rings is 1. The summed E-state index contributed by atoms with van der Waals surface area (Å²) in [7, 11) is 1.97. The zero-order chi connectivity index (χ0) is 17.2. The first-order valence-electron chi connectivity index (χ1n) is 8.53. The summed E-state index contributed by atoms with van der Waals surface area (Å²) in [6, 6.07) is 5.68. The molecule has 0 saturated carbocycles. The number of carbonyl (C=O) groups is 1. The highest BCUT2D eigenvalue weighted by Gasteiger charge is 2.30. The van der Waals surface area contributed by atoms with E-state index < -0.39 is 0 Å². The molecule has 7 nitrogen and oxygen atoms in total. The molecule has 4 heterocycles. The van der Waals surface area contributed by atoms with Gasteiger partial charge in [0.05, 0.1) is 17.3 Å². The van der Waals surface area contributed by atoms with Crippen molar-refractivity contribution in [2.75, 3.05) is 13.2 Å². The number of fused-ring (bicyclic) bond motifs is 1. The molecular weight excluding hydrogens is 318 g/mol. The lowest BCUT2D eigenvalue weighted by molar-refractivity contribution is -0.0337. The zero-order valence-electron chi connectivity index (χ0n) is 14.1. The average Bonchev–Trinajstić information content (AvgIpc) is 3.26. The molecule has 0 radical (unpaired) electrons. The Hall–Kier alpha value is -2.67. The minimum absolute atomic E-state index is 0.0852. The van der Waals surface area contributed by atoms with Gasteiger partial charge in [0.2, 0.25) is 0 Å². The number of ether oxygens (including phenoxy) is 1. The van der Waals surface area contributed by atoms with Gasteiger partial charge in [0.25, 0.3) is 5.91 Å². The van der Waals surface area contributed by atoms with Crippen molar-refractivity contribution in [3.63, 3.8) is 0 Å². The molecule has 1 saturated heterocycles. The summed E-state index contributed by atoms with van der Waals surface area (Å²) in [6.07, 6.45) is 9.06. The van der Waals surface area contributed by atoms with Crippen molar-refractivity contribution in [3.05, 3.63) is 54.4 Å². The smallest absolute Gasteiger partial charge is 0.255 e. The molecule has 1 fully saturated rings. The monoisotopic (exact) mass is 339 g/mol. The molecule has 130 valence electrons. The summed E-state index contributed by atoms with van der Waals surface area (Å²) in [4.78, 5) is 17.0. The molecule has 25 heavy (non-hydrogen) atoms. The third-order valence-electron chi connectivity index (χ3n) is 4.75. The molecule has 3 aromatic rings. The fraction of sp³-hybridized carbons (Fsp3) is 0.389. The van der Waals surface area contributed by atoms with Gasteiger partial charge in [0.15, 0.2) is 0 Å². The Morgan fingerprint density at radius 2 is 2.32 bits per heavy atom. The number of imidazole rings is 1. The summed E-state index contributed by atoms with van der Waals surface area (Å²) in [6.45, 7) is 1.29. The van der Waals surface area contributed by atoms with E-state index in [9.17, 15) is 4.79 Å². The van der Waals surface area contributed by atoms with Crippen LogP contribution >= 0.6 is 0 Å². The van der Waals surface area contributed by atoms with Crippen LogP contribution < -0.4 is 5.32 Å². The van der Waals surface area contributed by atoms with E-state index in [1.54, 1.807) is 16.9 Å². The maximum atomic E-state index is 12.6. The molecule has 1 aliphatic rings. The largest absolute Gasteiger partial charge is 0.370 e. The molecule has 0 aliphatic carbocycles. The number of nitrogens with zero attached hydrogens (tertiary/aromatic N) is 4. The predicted octanol–water partition coefficient (Wildman–Crippen LogP) is 1.97. The normalized spacial score (nSPS) is 20.7. The van der Waals surface area contributed by atoms with Gasteiger partial charge in [-0.2, -0.15) is 5.10 Å². The standard InChI is InChI=1S/C18H21N5O2/c1-22-9-7-19-17(22)16-13(5-4-10-25-16)11-20-18(24)14-12-21-23-8-3-2-6-15(14)23/h2-3,6-9,12-13,16H,4-5,10-11H2,1H3,(H,20,24)/t13-,16+/m0/s1. The van der Waals surface area contributed by atoms with E-state index in [4.69, 9.17) is 4.74 Å². The third-order valence-corrected chi connectivity index (χ3v) is 4.75. The van der Waals surface area contributed by atoms with Gasteiger partial charge >= 0.3 is 0 Å². The molecule has 3 aromatic heterocycles. The van der Waals surface area contributed by atoms with Crippen molar-refractivity contribution < 1.29 is 9.53 Å². The van der Waals surface area contributed by atoms with Crippen molar-refractivity contribution in [2.45, 2.75) is 18.9 Å². The van der Waals surface area contributed by atoms with Gasteiger partial charge in [-0.3, -0.25) is 4.79 Å². The van der Waals surface area contributed by atoms with Gasteiger partial charge in [0, 0.05) is 44.7 Å². The zero-order valence-corrected chi connectivity index (χ0v) is 14.1. The lowest BCUT2D eigenvalue weighted by Gasteiger charge is -2.31. The molecule has 0 bridgehead atoms. The van der Waals surface area contributed by atoms with Gasteiger partial charge < -0.3 is 14.6 Å². The number of rotatable bonds is 4. The van der Waals surface area contributed by atoms with Crippen molar-refractivity contribution in [1.29, 1.82) is 0 Å². The van der Waals surface area contributed by atoms with Crippen LogP contribution in [0.5, 0.6) is 0 Å². The van der Waals surface area contributed by atoms with Gasteiger partial charge in [0.1, 0.15) is 11.9 Å². The van der Waals surface area contributed by atoms with Crippen LogP contribution in [0, 0.1) is 5.92 Å². The number of hydrogen-bond donors (Lipinski definition) is 1. The first-order valence-corrected chi connectivity index (χ1v) is 8.53. The summed E-state index contributed by atoms with van der Waals surface area (Å²) in [5.74, 6) is 1.01. The molecular formula is C18H21N5O2. The highest BCUT2D eigenvalue weighted by molar-refractivity contribution is 6.00. The van der Waals surface area contributed by atoms with E-state index in [2.05, 4.69) is 15.4 Å². The summed E-state index contributed by atoms with van der Waals surface area (Å²) in [5, 5.41) is 7.27. The quantitative estimate of drug-likeness (QED) is 0.789. The molecule has 1 aliphatic heterocycles. The van der Waals surface area contributed by atoms with Crippen LogP contribution in [0.15, 0.2) is 43.0 Å². The minimum Gasteiger partial charge on any atom is -0.370 e. The van der Waals surface area contributed by atoms with E-state index in [0.29, 0.717) is 12.1 Å². The van der Waals surface area contributed by atoms with Crippen molar-refractivity contribution in [3.8, 4) is 0 Å². The van der Waals surface area contributed by atoms with E-state index >= 15 is 0 Å². The first-order chi connectivity index (χ1) is 12.2. The predicted molar refractivity (Wildman–Crippen MR) is 92.2 cm³/mol. The summed E-state index contributed by atoms with van der Waals surface area (Å²) in [5.41, 5.74) is 1.39. The minimum atomic E-state index is -0.106. The number of aromatic nitrogens is 4. The number of carbonyl (C=O) groups excluding carboxylic acids is 1. The molecule has 2 atom stereocenters. The van der Waals surface area contributed by atoms with E-state index in [1.165, 1.54) is 0 Å². The number of nitrogens with one attached hydrogen (secondary N) is 1. The topological polar surface area (TPSA) is 73.4 Å². The lowest BCUT2D eigenvalue weighted by atomic mass is 9.93. The second-order valence-corrected chi connectivity index (χ2v) is 6.39.